The zero-order valence-corrected chi connectivity index (χ0v) is 11.0. The average Bonchev–Trinajstić information content (AvgIpc) is 2.89. The first-order valence-electron chi connectivity index (χ1n) is 7.63. The van der Waals surface area contributed by atoms with Gasteiger partial charge in [-0.1, -0.05) is 44.9 Å². The van der Waals surface area contributed by atoms with Crippen molar-refractivity contribution < 1.29 is 10.2 Å². The van der Waals surface area contributed by atoms with E-state index in [4.69, 9.17) is 0 Å². The molecule has 0 aliphatic heterocycles. The molecule has 2 heteroatoms. The predicted molar refractivity (Wildman–Crippen MR) is 69.8 cm³/mol. The van der Waals surface area contributed by atoms with Crippen LogP contribution in [0.1, 0.15) is 70.6 Å². The Hall–Kier alpha value is -0.0800. The Kier molecular flexibility index (Phi) is 5.30. The van der Waals surface area contributed by atoms with Crippen molar-refractivity contribution in [2.24, 2.45) is 11.8 Å². The molecule has 0 amide bonds. The molecular weight excluding hydrogens is 212 g/mol. The summed E-state index contributed by atoms with van der Waals surface area (Å²) in [6.07, 6.45) is 12.4. The minimum atomic E-state index is -0.473. The van der Waals surface area contributed by atoms with Gasteiger partial charge in [-0.25, -0.2) is 0 Å². The number of aliphatic hydroxyl groups excluding tert-OH is 2. The average molecular weight is 240 g/mol. The van der Waals surface area contributed by atoms with Crippen LogP contribution >= 0.6 is 0 Å². The highest BCUT2D eigenvalue weighted by molar-refractivity contribution is 4.80. The monoisotopic (exact) mass is 240 g/mol. The lowest BCUT2D eigenvalue weighted by molar-refractivity contribution is -0.0328. The number of hydrogen-bond donors (Lipinski definition) is 2. The maximum atomic E-state index is 10.2. The Morgan fingerprint density at radius 2 is 1.41 bits per heavy atom. The van der Waals surface area contributed by atoms with Crippen molar-refractivity contribution in [1.82, 2.24) is 0 Å². The van der Waals surface area contributed by atoms with E-state index in [1.54, 1.807) is 0 Å². The molecule has 2 nitrogen and oxygen atoms in total. The summed E-state index contributed by atoms with van der Waals surface area (Å²) in [5.41, 5.74) is 0. The van der Waals surface area contributed by atoms with E-state index in [0.717, 1.165) is 31.6 Å². The van der Waals surface area contributed by atoms with Gasteiger partial charge in [-0.15, -0.1) is 0 Å². The standard InChI is InChI=1S/C15H28O2/c16-14(11-10-12-6-4-5-7-12)15(17)13-8-2-1-3-9-13/h12-17H,1-11H2. The fourth-order valence-corrected chi connectivity index (χ4v) is 3.67. The van der Waals surface area contributed by atoms with E-state index in [-0.39, 0.29) is 0 Å². The van der Waals surface area contributed by atoms with Crippen LogP contribution in [0.2, 0.25) is 0 Å². The third-order valence-electron chi connectivity index (χ3n) is 4.87. The summed E-state index contributed by atoms with van der Waals surface area (Å²) in [7, 11) is 0. The molecule has 0 radical (unpaired) electrons. The largest absolute Gasteiger partial charge is 0.390 e. The summed E-state index contributed by atoms with van der Waals surface area (Å²) in [5.74, 6) is 1.19. The molecule has 17 heavy (non-hydrogen) atoms. The molecule has 0 aromatic rings. The van der Waals surface area contributed by atoms with E-state index in [2.05, 4.69) is 0 Å². The summed E-state index contributed by atoms with van der Waals surface area (Å²) in [4.78, 5) is 0. The Balaban J connectivity index is 1.68. The van der Waals surface area contributed by atoms with Gasteiger partial charge in [0, 0.05) is 0 Å². The van der Waals surface area contributed by atoms with E-state index < -0.39 is 12.2 Å². The van der Waals surface area contributed by atoms with Crippen LogP contribution in [0.25, 0.3) is 0 Å². The van der Waals surface area contributed by atoms with Crippen molar-refractivity contribution in [3.63, 3.8) is 0 Å². The highest BCUT2D eigenvalue weighted by Gasteiger charge is 2.28. The van der Waals surface area contributed by atoms with Gasteiger partial charge in [0.05, 0.1) is 12.2 Å². The van der Waals surface area contributed by atoms with Gasteiger partial charge in [0.15, 0.2) is 0 Å². The summed E-state index contributed by atoms with van der Waals surface area (Å²) < 4.78 is 0. The summed E-state index contributed by atoms with van der Waals surface area (Å²) >= 11 is 0. The topological polar surface area (TPSA) is 40.5 Å². The van der Waals surface area contributed by atoms with Crippen LogP contribution in [0.15, 0.2) is 0 Å². The summed E-state index contributed by atoms with van der Waals surface area (Å²) in [6, 6.07) is 0. The Morgan fingerprint density at radius 3 is 2.06 bits per heavy atom. The number of hydrogen-bond acceptors (Lipinski definition) is 2. The second-order valence-electron chi connectivity index (χ2n) is 6.18. The molecule has 2 aliphatic carbocycles. The molecule has 2 aliphatic rings. The maximum absolute atomic E-state index is 10.2. The molecule has 0 spiro atoms. The van der Waals surface area contributed by atoms with Crippen molar-refractivity contribution in [2.45, 2.75) is 82.8 Å². The third-order valence-corrected chi connectivity index (χ3v) is 4.87. The van der Waals surface area contributed by atoms with E-state index in [1.165, 1.54) is 44.9 Å². The van der Waals surface area contributed by atoms with Gasteiger partial charge in [-0.05, 0) is 37.5 Å². The Morgan fingerprint density at radius 1 is 0.824 bits per heavy atom. The fourth-order valence-electron chi connectivity index (χ4n) is 3.67. The molecular formula is C15H28O2. The first kappa shape index (κ1) is 13.4. The van der Waals surface area contributed by atoms with E-state index in [0.29, 0.717) is 5.92 Å². The lowest BCUT2D eigenvalue weighted by atomic mass is 9.82. The van der Waals surface area contributed by atoms with E-state index in [1.807, 2.05) is 0 Å². The number of rotatable bonds is 5. The highest BCUT2D eigenvalue weighted by atomic mass is 16.3. The molecule has 2 fully saturated rings. The molecule has 100 valence electrons. The molecule has 2 N–H and O–H groups in total. The molecule has 0 aromatic carbocycles. The van der Waals surface area contributed by atoms with Crippen LogP contribution in [-0.4, -0.2) is 22.4 Å². The zero-order chi connectivity index (χ0) is 12.1. The molecule has 2 rings (SSSR count). The van der Waals surface area contributed by atoms with Gasteiger partial charge < -0.3 is 10.2 Å². The minimum Gasteiger partial charge on any atom is -0.390 e. The van der Waals surface area contributed by atoms with Gasteiger partial charge in [0.25, 0.3) is 0 Å². The number of aliphatic hydroxyl groups is 2. The molecule has 2 unspecified atom stereocenters. The lowest BCUT2D eigenvalue weighted by Gasteiger charge is -2.30. The van der Waals surface area contributed by atoms with Crippen LogP contribution in [0.4, 0.5) is 0 Å². The van der Waals surface area contributed by atoms with Gasteiger partial charge in [-0.2, -0.15) is 0 Å². The van der Waals surface area contributed by atoms with Crippen LogP contribution < -0.4 is 0 Å². The second-order valence-corrected chi connectivity index (χ2v) is 6.18. The summed E-state index contributed by atoms with van der Waals surface area (Å²) in [6.45, 7) is 0. The van der Waals surface area contributed by atoms with Gasteiger partial charge in [0.1, 0.15) is 0 Å². The van der Waals surface area contributed by atoms with Crippen LogP contribution in [0.3, 0.4) is 0 Å². The van der Waals surface area contributed by atoms with Crippen LogP contribution in [0.5, 0.6) is 0 Å². The predicted octanol–water partition coefficient (Wildman–Crippen LogP) is 3.26. The first-order valence-corrected chi connectivity index (χ1v) is 7.63. The SMILES string of the molecule is OC(CCC1CCCC1)C(O)C1CCCCC1. The molecule has 2 atom stereocenters. The summed E-state index contributed by atoms with van der Waals surface area (Å²) in [5, 5.41) is 20.2. The zero-order valence-electron chi connectivity index (χ0n) is 11.0. The molecule has 0 bridgehead atoms. The third kappa shape index (κ3) is 3.96. The highest BCUT2D eigenvalue weighted by Crippen LogP contribution is 2.32. The second kappa shape index (κ2) is 6.75. The van der Waals surface area contributed by atoms with Crippen molar-refractivity contribution in [3.8, 4) is 0 Å². The quantitative estimate of drug-likeness (QED) is 0.774. The van der Waals surface area contributed by atoms with Crippen molar-refractivity contribution in [2.75, 3.05) is 0 Å². The maximum Gasteiger partial charge on any atom is 0.0827 e. The Bertz CT molecular complexity index is 205. The van der Waals surface area contributed by atoms with Gasteiger partial charge >= 0.3 is 0 Å². The first-order chi connectivity index (χ1) is 8.27. The molecule has 2 saturated carbocycles. The molecule has 0 saturated heterocycles. The smallest absolute Gasteiger partial charge is 0.0827 e. The van der Waals surface area contributed by atoms with E-state index >= 15 is 0 Å². The Labute approximate surface area is 105 Å². The van der Waals surface area contributed by atoms with Crippen LogP contribution in [-0.2, 0) is 0 Å². The van der Waals surface area contributed by atoms with Gasteiger partial charge in [0.2, 0.25) is 0 Å². The van der Waals surface area contributed by atoms with Crippen molar-refractivity contribution in [3.05, 3.63) is 0 Å². The van der Waals surface area contributed by atoms with Crippen molar-refractivity contribution in [1.29, 1.82) is 0 Å². The molecule has 0 heterocycles. The van der Waals surface area contributed by atoms with Crippen LogP contribution in [0, 0.1) is 11.8 Å². The molecule has 0 aromatic heterocycles. The minimum absolute atomic E-state index is 0.363. The van der Waals surface area contributed by atoms with E-state index in [9.17, 15) is 10.2 Å². The fraction of sp³-hybridized carbons (Fsp3) is 1.00. The van der Waals surface area contributed by atoms with Gasteiger partial charge in [-0.3, -0.25) is 0 Å². The van der Waals surface area contributed by atoms with Crippen molar-refractivity contribution >= 4 is 0 Å². The normalized spacial score (nSPS) is 27.2. The lowest BCUT2D eigenvalue weighted by Crippen LogP contribution is -2.34.